The van der Waals surface area contributed by atoms with Crippen molar-refractivity contribution < 1.29 is 21.9 Å². The van der Waals surface area contributed by atoms with Gasteiger partial charge in [-0.15, -0.1) is 8.98 Å². The normalized spacial score (nSPS) is 18.7. The van der Waals surface area contributed by atoms with Crippen LogP contribution in [0, 0.1) is 0 Å². The molecule has 1 N–H and O–H groups in total. The van der Waals surface area contributed by atoms with Gasteiger partial charge in [0.1, 0.15) is 16.6 Å². The summed E-state index contributed by atoms with van der Waals surface area (Å²) in [5.74, 6) is -0.871. The highest BCUT2D eigenvalue weighted by Crippen LogP contribution is 2.28. The smallest absolute Gasteiger partial charge is 0.295 e. The predicted octanol–water partition coefficient (Wildman–Crippen LogP) is 0.581. The van der Waals surface area contributed by atoms with E-state index in [1.807, 2.05) is 0 Å². The van der Waals surface area contributed by atoms with Crippen molar-refractivity contribution in [3.8, 4) is 11.3 Å². The minimum Gasteiger partial charge on any atom is -0.295 e. The number of benzene rings is 1. The number of hydrogen-bond donors (Lipinski definition) is 1. The van der Waals surface area contributed by atoms with Crippen LogP contribution < -0.4 is 5.32 Å². The van der Waals surface area contributed by atoms with Crippen LogP contribution in [0.4, 0.5) is 3.89 Å². The first-order valence-corrected chi connectivity index (χ1v) is 8.04. The Morgan fingerprint density at radius 3 is 2.70 bits per heavy atom. The van der Waals surface area contributed by atoms with Crippen molar-refractivity contribution in [3.05, 3.63) is 30.5 Å². The Morgan fingerprint density at radius 2 is 2.00 bits per heavy atom. The molecular weight excluding hydrogens is 327 g/mol. The third-order valence-corrected chi connectivity index (χ3v) is 4.35. The van der Waals surface area contributed by atoms with Gasteiger partial charge in [0.25, 0.3) is 5.91 Å². The second kappa shape index (κ2) is 5.54. The van der Waals surface area contributed by atoms with E-state index < -0.39 is 27.1 Å². The number of amides is 2. The lowest BCUT2D eigenvalue weighted by Gasteiger charge is -2.20. The number of nitrogens with zero attached hydrogens (tertiary/aromatic N) is 3. The Balaban J connectivity index is 1.98. The molecule has 1 atom stereocenters. The molecule has 1 aromatic carbocycles. The standard InChI is InChI=1S/C13H11FN4O4S/c14-23(21,22)11-4-2-1-3-8(11)9-7-18(17-16-9)10-5-6-12(19)15-13(10)20/h1-4,7,10H,5-6H2,(H,15,19,20). The first kappa shape index (κ1) is 15.3. The van der Waals surface area contributed by atoms with Crippen LogP contribution in [0.1, 0.15) is 18.9 Å². The summed E-state index contributed by atoms with van der Waals surface area (Å²) in [5.41, 5.74) is 0.167. The van der Waals surface area contributed by atoms with E-state index in [4.69, 9.17) is 0 Å². The molecule has 2 aromatic rings. The van der Waals surface area contributed by atoms with Crippen LogP contribution in [-0.4, -0.2) is 35.2 Å². The van der Waals surface area contributed by atoms with Crippen molar-refractivity contribution in [1.29, 1.82) is 0 Å². The fraction of sp³-hybridized carbons (Fsp3) is 0.231. The molecule has 2 amide bonds. The molecular formula is C13H11FN4O4S. The van der Waals surface area contributed by atoms with Gasteiger partial charge in [0, 0.05) is 12.0 Å². The van der Waals surface area contributed by atoms with Crippen LogP contribution in [0.15, 0.2) is 35.4 Å². The molecule has 1 aliphatic rings. The van der Waals surface area contributed by atoms with E-state index in [0.29, 0.717) is 0 Å². The summed E-state index contributed by atoms with van der Waals surface area (Å²) in [6.07, 6.45) is 1.78. The van der Waals surface area contributed by atoms with E-state index in [1.54, 1.807) is 0 Å². The van der Waals surface area contributed by atoms with Crippen LogP contribution in [0.5, 0.6) is 0 Å². The second-order valence-corrected chi connectivity index (χ2v) is 6.30. The summed E-state index contributed by atoms with van der Waals surface area (Å²) in [5, 5.41) is 9.79. The zero-order valence-electron chi connectivity index (χ0n) is 11.6. The van der Waals surface area contributed by atoms with E-state index in [-0.39, 0.29) is 30.0 Å². The van der Waals surface area contributed by atoms with Crippen molar-refractivity contribution in [3.63, 3.8) is 0 Å². The largest absolute Gasteiger partial charge is 0.332 e. The summed E-state index contributed by atoms with van der Waals surface area (Å²) < 4.78 is 37.0. The molecule has 2 heterocycles. The van der Waals surface area contributed by atoms with Crippen molar-refractivity contribution in [2.45, 2.75) is 23.8 Å². The third-order valence-electron chi connectivity index (χ3n) is 3.47. The average molecular weight is 338 g/mol. The molecule has 120 valence electrons. The molecule has 1 fully saturated rings. The first-order valence-electron chi connectivity index (χ1n) is 6.66. The van der Waals surface area contributed by atoms with Gasteiger partial charge in [0.15, 0.2) is 0 Å². The molecule has 0 bridgehead atoms. The average Bonchev–Trinajstić information content (AvgIpc) is 2.96. The summed E-state index contributed by atoms with van der Waals surface area (Å²) in [4.78, 5) is 22.4. The lowest BCUT2D eigenvalue weighted by Crippen LogP contribution is -2.41. The predicted molar refractivity (Wildman–Crippen MR) is 75.2 cm³/mol. The maximum absolute atomic E-state index is 13.3. The van der Waals surface area contributed by atoms with Gasteiger partial charge in [0.05, 0.1) is 6.20 Å². The Labute approximate surface area is 130 Å². The number of nitrogens with one attached hydrogen (secondary N) is 1. The Hall–Kier alpha value is -2.62. The van der Waals surface area contributed by atoms with Gasteiger partial charge in [0.2, 0.25) is 5.91 Å². The number of imide groups is 1. The van der Waals surface area contributed by atoms with Gasteiger partial charge in [-0.1, -0.05) is 23.4 Å². The number of carbonyl (C=O) groups excluding carboxylic acids is 2. The highest BCUT2D eigenvalue weighted by atomic mass is 32.3. The highest BCUT2D eigenvalue weighted by Gasteiger charge is 2.29. The lowest BCUT2D eigenvalue weighted by atomic mass is 10.1. The maximum Gasteiger partial charge on any atom is 0.332 e. The third kappa shape index (κ3) is 2.97. The summed E-state index contributed by atoms with van der Waals surface area (Å²) in [6, 6.07) is 4.72. The van der Waals surface area contributed by atoms with Crippen LogP contribution in [0.3, 0.4) is 0 Å². The molecule has 8 nitrogen and oxygen atoms in total. The molecule has 0 radical (unpaired) electrons. The highest BCUT2D eigenvalue weighted by molar-refractivity contribution is 7.86. The van der Waals surface area contributed by atoms with Gasteiger partial charge in [-0.05, 0) is 12.5 Å². The number of rotatable bonds is 3. The maximum atomic E-state index is 13.3. The number of piperidine rings is 1. The Kier molecular flexibility index (Phi) is 3.68. The van der Waals surface area contributed by atoms with E-state index >= 15 is 0 Å². The van der Waals surface area contributed by atoms with Crippen LogP contribution in [-0.2, 0) is 19.8 Å². The summed E-state index contributed by atoms with van der Waals surface area (Å²) in [7, 11) is -4.92. The minimum atomic E-state index is -4.92. The number of hydrogen-bond acceptors (Lipinski definition) is 6. The van der Waals surface area contributed by atoms with Crippen molar-refractivity contribution >= 4 is 22.0 Å². The van der Waals surface area contributed by atoms with Gasteiger partial charge in [-0.3, -0.25) is 14.9 Å². The zero-order valence-corrected chi connectivity index (χ0v) is 12.5. The molecule has 1 saturated heterocycles. The Morgan fingerprint density at radius 1 is 1.26 bits per heavy atom. The SMILES string of the molecule is O=C1CCC(n2cc(-c3ccccc3S(=O)(=O)F)nn2)C(=O)N1. The molecule has 1 aliphatic heterocycles. The molecule has 0 spiro atoms. The topological polar surface area (TPSA) is 111 Å². The monoisotopic (exact) mass is 338 g/mol. The van der Waals surface area contributed by atoms with Gasteiger partial charge in [-0.25, -0.2) is 4.68 Å². The van der Waals surface area contributed by atoms with E-state index in [0.717, 1.165) is 6.07 Å². The Bertz CT molecular complexity index is 893. The molecule has 1 unspecified atom stereocenters. The summed E-state index contributed by atoms with van der Waals surface area (Å²) >= 11 is 0. The van der Waals surface area contributed by atoms with Crippen molar-refractivity contribution in [2.75, 3.05) is 0 Å². The first-order chi connectivity index (χ1) is 10.9. The summed E-state index contributed by atoms with van der Waals surface area (Å²) in [6.45, 7) is 0. The minimum absolute atomic E-state index is 0.0496. The quantitative estimate of drug-likeness (QED) is 0.647. The zero-order chi connectivity index (χ0) is 16.6. The molecule has 10 heteroatoms. The lowest BCUT2D eigenvalue weighted by molar-refractivity contribution is -0.136. The number of halogens is 1. The van der Waals surface area contributed by atoms with Crippen molar-refractivity contribution in [2.24, 2.45) is 0 Å². The van der Waals surface area contributed by atoms with E-state index in [9.17, 15) is 21.9 Å². The number of carbonyl (C=O) groups is 2. The molecule has 0 aliphatic carbocycles. The van der Waals surface area contributed by atoms with E-state index in [1.165, 1.54) is 29.1 Å². The molecule has 3 rings (SSSR count). The van der Waals surface area contributed by atoms with Crippen LogP contribution in [0.25, 0.3) is 11.3 Å². The fourth-order valence-corrected chi connectivity index (χ4v) is 3.05. The van der Waals surface area contributed by atoms with Gasteiger partial charge < -0.3 is 0 Å². The molecule has 0 saturated carbocycles. The number of aromatic nitrogens is 3. The van der Waals surface area contributed by atoms with Gasteiger partial charge >= 0.3 is 10.2 Å². The van der Waals surface area contributed by atoms with E-state index in [2.05, 4.69) is 15.6 Å². The van der Waals surface area contributed by atoms with Crippen LogP contribution in [0.2, 0.25) is 0 Å². The fourth-order valence-electron chi connectivity index (χ4n) is 2.38. The van der Waals surface area contributed by atoms with Gasteiger partial charge in [-0.2, -0.15) is 8.42 Å². The molecule has 23 heavy (non-hydrogen) atoms. The van der Waals surface area contributed by atoms with Crippen molar-refractivity contribution in [1.82, 2.24) is 20.3 Å². The second-order valence-electron chi connectivity index (χ2n) is 4.98. The molecule has 1 aromatic heterocycles. The van der Waals surface area contributed by atoms with Crippen LogP contribution >= 0.6 is 0 Å².